The van der Waals surface area contributed by atoms with Crippen molar-refractivity contribution in [3.05, 3.63) is 70.7 Å². The van der Waals surface area contributed by atoms with Crippen LogP contribution in [-0.4, -0.2) is 93.7 Å². The number of aliphatic hydroxyl groups excluding tert-OH is 1. The lowest BCUT2D eigenvalue weighted by atomic mass is 9.99. The number of hydrogen-bond donors (Lipinski definition) is 3. The number of piperidine rings is 1. The standard InChI is InChI=1S/C31H34N6O5/c1-17-4-5-21(12-18(17)2)42-16-20(38)15-33-24-6-9-32-29(39)27(24)28-34-25-13-22-23(14-26(25)35-28)31(41)37(30(22)40)19-7-10-36(3)11-8-19/h4-6,9,12-14,19-20,27,38H,7-8,10-11,15-16H2,1-3H3,(H,32,39)(H,34,35). The molecule has 0 spiro atoms. The molecule has 0 bridgehead atoms. The maximum absolute atomic E-state index is 13.3. The number of aliphatic hydroxyl groups is 1. The van der Waals surface area contributed by atoms with Gasteiger partial charge < -0.3 is 25.0 Å². The topological polar surface area (TPSA) is 140 Å². The number of aromatic nitrogens is 2. The van der Waals surface area contributed by atoms with Crippen molar-refractivity contribution < 1.29 is 24.2 Å². The van der Waals surface area contributed by atoms with Crippen LogP contribution in [0.1, 0.15) is 56.4 Å². The van der Waals surface area contributed by atoms with Crippen LogP contribution in [0.5, 0.6) is 5.75 Å². The third kappa shape index (κ3) is 5.21. The predicted molar refractivity (Wildman–Crippen MR) is 157 cm³/mol. The van der Waals surface area contributed by atoms with E-state index in [1.807, 2.05) is 39.1 Å². The van der Waals surface area contributed by atoms with E-state index in [1.165, 1.54) is 11.1 Å². The van der Waals surface area contributed by atoms with Crippen molar-refractivity contribution in [2.24, 2.45) is 4.99 Å². The molecule has 0 radical (unpaired) electrons. The van der Waals surface area contributed by atoms with Crippen LogP contribution in [0.3, 0.4) is 0 Å². The van der Waals surface area contributed by atoms with Crippen LogP contribution in [0.25, 0.3) is 11.0 Å². The smallest absolute Gasteiger partial charge is 0.261 e. The molecular formula is C31H34N6O5. The first-order chi connectivity index (χ1) is 20.2. The Bertz CT molecular complexity index is 1580. The molecule has 42 heavy (non-hydrogen) atoms. The second-order valence-electron chi connectivity index (χ2n) is 11.3. The van der Waals surface area contributed by atoms with Crippen molar-refractivity contribution in [2.45, 2.75) is 44.8 Å². The van der Waals surface area contributed by atoms with Crippen LogP contribution in [-0.2, 0) is 4.79 Å². The molecular weight excluding hydrogens is 536 g/mol. The number of rotatable bonds is 7. The molecule has 1 fully saturated rings. The number of nitrogens with one attached hydrogen (secondary N) is 2. The van der Waals surface area contributed by atoms with Crippen LogP contribution >= 0.6 is 0 Å². The second-order valence-corrected chi connectivity index (χ2v) is 11.3. The Balaban J connectivity index is 1.19. The predicted octanol–water partition coefficient (Wildman–Crippen LogP) is 2.48. The minimum Gasteiger partial charge on any atom is -0.491 e. The van der Waals surface area contributed by atoms with Gasteiger partial charge in [-0.1, -0.05) is 6.07 Å². The number of aliphatic imine (C=N–C) groups is 1. The third-order valence-corrected chi connectivity index (χ3v) is 8.31. The summed E-state index contributed by atoms with van der Waals surface area (Å²) in [6, 6.07) is 8.90. The highest BCUT2D eigenvalue weighted by molar-refractivity contribution is 6.23. The summed E-state index contributed by atoms with van der Waals surface area (Å²) in [5, 5.41) is 13.2. The molecule has 11 heteroatoms. The number of imidazole rings is 1. The number of imide groups is 1. The zero-order valence-electron chi connectivity index (χ0n) is 23.9. The Hall–Kier alpha value is -4.35. The molecule has 3 aliphatic rings. The van der Waals surface area contributed by atoms with Crippen molar-refractivity contribution in [2.75, 3.05) is 33.3 Å². The second kappa shape index (κ2) is 11.1. The Morgan fingerprint density at radius 2 is 1.81 bits per heavy atom. The molecule has 0 saturated carbocycles. The number of fused-ring (bicyclic) bond motifs is 2. The zero-order valence-corrected chi connectivity index (χ0v) is 23.9. The van der Waals surface area contributed by atoms with Crippen LogP contribution in [0.4, 0.5) is 0 Å². The number of aromatic amines is 1. The molecule has 11 nitrogen and oxygen atoms in total. The molecule has 3 N–H and O–H groups in total. The number of aryl methyl sites for hydroxylation is 2. The van der Waals surface area contributed by atoms with E-state index in [1.54, 1.807) is 18.2 Å². The first-order valence-corrected chi connectivity index (χ1v) is 14.2. The average molecular weight is 571 g/mol. The van der Waals surface area contributed by atoms with Crippen molar-refractivity contribution in [1.29, 1.82) is 0 Å². The minimum absolute atomic E-state index is 0.0264. The van der Waals surface area contributed by atoms with Gasteiger partial charge in [0.15, 0.2) is 0 Å². The largest absolute Gasteiger partial charge is 0.491 e. The van der Waals surface area contributed by atoms with Gasteiger partial charge in [-0.3, -0.25) is 24.3 Å². The first-order valence-electron chi connectivity index (χ1n) is 14.2. The molecule has 0 aliphatic carbocycles. The molecule has 2 atom stereocenters. The van der Waals surface area contributed by atoms with Gasteiger partial charge >= 0.3 is 0 Å². The molecule has 218 valence electrons. The van der Waals surface area contributed by atoms with E-state index in [-0.39, 0.29) is 36.9 Å². The van der Waals surface area contributed by atoms with Gasteiger partial charge in [0.1, 0.15) is 30.2 Å². The van der Waals surface area contributed by atoms with E-state index in [4.69, 9.17) is 4.74 Å². The fourth-order valence-electron chi connectivity index (χ4n) is 5.69. The summed E-state index contributed by atoms with van der Waals surface area (Å²) in [5.74, 6) is -0.771. The van der Waals surface area contributed by atoms with Crippen LogP contribution in [0, 0.1) is 13.8 Å². The number of likely N-dealkylation sites (tertiary alicyclic amines) is 1. The van der Waals surface area contributed by atoms with Crippen molar-refractivity contribution >= 4 is 34.5 Å². The Kier molecular flexibility index (Phi) is 7.38. The maximum atomic E-state index is 13.3. The van der Waals surface area contributed by atoms with Crippen molar-refractivity contribution in [3.63, 3.8) is 0 Å². The van der Waals surface area contributed by atoms with Gasteiger partial charge in [0.25, 0.3) is 11.8 Å². The highest BCUT2D eigenvalue weighted by Crippen LogP contribution is 2.32. The summed E-state index contributed by atoms with van der Waals surface area (Å²) in [7, 11) is 2.03. The number of hydrogen-bond acceptors (Lipinski definition) is 8. The third-order valence-electron chi connectivity index (χ3n) is 8.31. The van der Waals surface area contributed by atoms with E-state index in [0.29, 0.717) is 39.4 Å². The Labute approximate surface area is 243 Å². The lowest BCUT2D eigenvalue weighted by Crippen LogP contribution is -2.46. The molecule has 3 aliphatic heterocycles. The molecule has 4 heterocycles. The molecule has 2 aromatic carbocycles. The first kappa shape index (κ1) is 27.8. The SMILES string of the molecule is Cc1ccc(OCC(O)CN=C2C=CNC(=O)C2c2nc3cc4c(cc3[nH]2)C(=O)N(C2CCN(C)CC2)C4=O)cc1C. The van der Waals surface area contributed by atoms with Crippen molar-refractivity contribution in [1.82, 2.24) is 25.1 Å². The van der Waals surface area contributed by atoms with E-state index in [0.717, 1.165) is 37.1 Å². The summed E-state index contributed by atoms with van der Waals surface area (Å²) < 4.78 is 5.73. The number of allylic oxidation sites excluding steroid dienone is 1. The van der Waals surface area contributed by atoms with Crippen LogP contribution in [0.15, 0.2) is 47.6 Å². The fourth-order valence-corrected chi connectivity index (χ4v) is 5.69. The number of nitrogens with zero attached hydrogens (tertiary/aromatic N) is 4. The highest BCUT2D eigenvalue weighted by Gasteiger charge is 2.41. The summed E-state index contributed by atoms with van der Waals surface area (Å²) in [4.78, 5) is 55.4. The Morgan fingerprint density at radius 1 is 1.07 bits per heavy atom. The van der Waals surface area contributed by atoms with E-state index in [2.05, 4.69) is 25.2 Å². The number of H-pyrrole nitrogens is 1. The lowest BCUT2D eigenvalue weighted by molar-refractivity contribution is -0.120. The van der Waals surface area contributed by atoms with Gasteiger partial charge in [0.05, 0.1) is 34.4 Å². The molecule has 6 rings (SSSR count). The Morgan fingerprint density at radius 3 is 2.55 bits per heavy atom. The normalized spacial score (nSPS) is 21.3. The number of carbonyl (C=O) groups excluding carboxylic acids is 3. The minimum atomic E-state index is -0.888. The molecule has 3 aromatic rings. The summed E-state index contributed by atoms with van der Waals surface area (Å²) >= 11 is 0. The van der Waals surface area contributed by atoms with Crippen molar-refractivity contribution in [3.8, 4) is 5.75 Å². The number of ether oxygens (including phenoxy) is 1. The number of amides is 3. The van der Waals surface area contributed by atoms with Gasteiger partial charge in [0.2, 0.25) is 5.91 Å². The number of benzene rings is 2. The molecule has 1 saturated heterocycles. The molecule has 3 amide bonds. The van der Waals surface area contributed by atoms with E-state index >= 15 is 0 Å². The van der Waals surface area contributed by atoms with E-state index in [9.17, 15) is 19.5 Å². The number of carbonyl (C=O) groups is 3. The zero-order chi connectivity index (χ0) is 29.5. The quantitative estimate of drug-likeness (QED) is 0.371. The van der Waals surface area contributed by atoms with Gasteiger partial charge in [-0.15, -0.1) is 0 Å². The summed E-state index contributed by atoms with van der Waals surface area (Å²) in [6.07, 6.45) is 3.79. The fraction of sp³-hybridized carbons (Fsp3) is 0.387. The highest BCUT2D eigenvalue weighted by atomic mass is 16.5. The van der Waals surface area contributed by atoms with Crippen LogP contribution in [0.2, 0.25) is 0 Å². The van der Waals surface area contributed by atoms with E-state index < -0.39 is 12.0 Å². The molecule has 1 aromatic heterocycles. The maximum Gasteiger partial charge on any atom is 0.261 e. The lowest BCUT2D eigenvalue weighted by Gasteiger charge is -2.33. The summed E-state index contributed by atoms with van der Waals surface area (Å²) in [6.45, 7) is 5.76. The van der Waals surface area contributed by atoms with Gasteiger partial charge in [-0.25, -0.2) is 4.98 Å². The average Bonchev–Trinajstić information content (AvgIpc) is 3.49. The van der Waals surface area contributed by atoms with Gasteiger partial charge in [-0.2, -0.15) is 0 Å². The summed E-state index contributed by atoms with van der Waals surface area (Å²) in [5.41, 5.74) is 4.40. The molecule has 2 unspecified atom stereocenters. The monoisotopic (exact) mass is 570 g/mol. The van der Waals surface area contributed by atoms with Gasteiger partial charge in [0, 0.05) is 12.2 Å². The van der Waals surface area contributed by atoms with Gasteiger partial charge in [-0.05, 0) is 88.3 Å². The van der Waals surface area contributed by atoms with Crippen LogP contribution < -0.4 is 10.1 Å².